The number of thioether (sulfide) groups is 2. The molecule has 2 fully saturated rings. The third-order valence-electron chi connectivity index (χ3n) is 5.97. The van der Waals surface area contributed by atoms with E-state index in [0.29, 0.717) is 22.8 Å². The molecule has 32 heavy (non-hydrogen) atoms. The number of rotatable bonds is 7. The number of ether oxygens (including phenoxy) is 4. The van der Waals surface area contributed by atoms with E-state index >= 15 is 0 Å². The summed E-state index contributed by atoms with van der Waals surface area (Å²) in [6.07, 6.45) is -0.0296. The molecule has 0 amide bonds. The summed E-state index contributed by atoms with van der Waals surface area (Å²) >= 11 is 3.54. The number of furan rings is 1. The number of hydrogen-bond acceptors (Lipinski definition) is 9. The first kappa shape index (κ1) is 23.2. The first-order valence-corrected chi connectivity index (χ1v) is 12.4. The van der Waals surface area contributed by atoms with Crippen LogP contribution in [0.3, 0.4) is 0 Å². The minimum absolute atomic E-state index is 0.227. The molecule has 0 aliphatic carbocycles. The van der Waals surface area contributed by atoms with Crippen molar-refractivity contribution < 1.29 is 33.3 Å². The van der Waals surface area contributed by atoms with Gasteiger partial charge in [0.2, 0.25) is 5.75 Å². The van der Waals surface area contributed by atoms with E-state index in [1.165, 1.54) is 21.3 Å². The first-order chi connectivity index (χ1) is 15.4. The Labute approximate surface area is 196 Å². The maximum atomic E-state index is 12.9. The van der Waals surface area contributed by atoms with Crippen molar-refractivity contribution >= 4 is 29.5 Å². The van der Waals surface area contributed by atoms with Crippen LogP contribution in [0.2, 0.25) is 0 Å². The van der Waals surface area contributed by atoms with E-state index in [4.69, 9.17) is 23.4 Å². The molecule has 1 aromatic carbocycles. The predicted molar refractivity (Wildman–Crippen MR) is 124 cm³/mol. The Bertz CT molecular complexity index is 942. The Morgan fingerprint density at radius 3 is 2.28 bits per heavy atom. The van der Waals surface area contributed by atoms with Crippen LogP contribution >= 0.6 is 23.5 Å². The SMILES string of the molecule is COc1cc([C@@H](O)[C@@H]2C(=O)OC[C@H]2C2(c3ccc(C)o3)SCCCS2)cc(OC)c1OC. The van der Waals surface area contributed by atoms with Crippen LogP contribution in [0.25, 0.3) is 0 Å². The molecule has 1 N–H and O–H groups in total. The first-order valence-electron chi connectivity index (χ1n) is 10.4. The number of benzene rings is 1. The zero-order valence-corrected chi connectivity index (χ0v) is 20.2. The fourth-order valence-corrected chi connectivity index (χ4v) is 7.98. The molecular formula is C23H28O7S2. The topological polar surface area (TPSA) is 87.4 Å². The number of cyclic esters (lactones) is 1. The third-order valence-corrected chi connectivity index (χ3v) is 9.53. The molecular weight excluding hydrogens is 452 g/mol. The van der Waals surface area contributed by atoms with Crippen LogP contribution in [0.15, 0.2) is 28.7 Å². The number of hydrogen-bond donors (Lipinski definition) is 1. The molecule has 7 nitrogen and oxygen atoms in total. The van der Waals surface area contributed by atoms with Crippen LogP contribution in [0, 0.1) is 18.8 Å². The second-order valence-corrected chi connectivity index (χ2v) is 10.7. The zero-order valence-electron chi connectivity index (χ0n) is 18.6. The van der Waals surface area contributed by atoms with Crippen molar-refractivity contribution in [2.45, 2.75) is 23.5 Å². The number of aryl methyl sites for hydroxylation is 1. The average molecular weight is 481 g/mol. The molecule has 2 aromatic rings. The highest BCUT2D eigenvalue weighted by Gasteiger charge is 2.56. The second-order valence-electron chi connectivity index (χ2n) is 7.79. The molecule has 0 radical (unpaired) electrons. The van der Waals surface area contributed by atoms with Crippen LogP contribution in [-0.2, 0) is 13.6 Å². The maximum absolute atomic E-state index is 12.9. The van der Waals surface area contributed by atoms with Gasteiger partial charge in [-0.1, -0.05) is 0 Å². The molecule has 1 aromatic heterocycles. The van der Waals surface area contributed by atoms with Crippen LogP contribution in [0.5, 0.6) is 17.2 Å². The lowest BCUT2D eigenvalue weighted by Crippen LogP contribution is -2.39. The monoisotopic (exact) mass is 480 g/mol. The molecule has 0 saturated carbocycles. The number of methoxy groups -OCH3 is 3. The summed E-state index contributed by atoms with van der Waals surface area (Å²) in [5.41, 5.74) is 0.505. The van der Waals surface area contributed by atoms with Crippen molar-refractivity contribution in [2.24, 2.45) is 11.8 Å². The van der Waals surface area contributed by atoms with Crippen LogP contribution < -0.4 is 14.2 Å². The van der Waals surface area contributed by atoms with E-state index in [0.717, 1.165) is 29.4 Å². The summed E-state index contributed by atoms with van der Waals surface area (Å²) in [5.74, 6) is 3.35. The minimum Gasteiger partial charge on any atom is -0.493 e. The highest BCUT2D eigenvalue weighted by molar-refractivity contribution is 8.18. The van der Waals surface area contributed by atoms with Crippen molar-refractivity contribution in [3.8, 4) is 17.2 Å². The van der Waals surface area contributed by atoms with Gasteiger partial charge in [0.1, 0.15) is 15.6 Å². The Hall–Kier alpha value is -1.97. The number of aliphatic hydroxyl groups excluding tert-OH is 1. The van der Waals surface area contributed by atoms with E-state index in [2.05, 4.69) is 0 Å². The molecule has 3 heterocycles. The summed E-state index contributed by atoms with van der Waals surface area (Å²) in [7, 11) is 4.56. The van der Waals surface area contributed by atoms with Gasteiger partial charge in [-0.2, -0.15) is 0 Å². The molecule has 0 spiro atoms. The van der Waals surface area contributed by atoms with Crippen LogP contribution in [0.1, 0.15) is 29.6 Å². The van der Waals surface area contributed by atoms with Crippen molar-refractivity contribution in [1.82, 2.24) is 0 Å². The number of carbonyl (C=O) groups excluding carboxylic acids is 1. The molecule has 2 aliphatic heterocycles. The molecule has 0 bridgehead atoms. The van der Waals surface area contributed by atoms with Gasteiger partial charge in [0.15, 0.2) is 11.5 Å². The standard InChI is InChI=1S/C23H28O7S2/c1-13-6-7-18(30-13)23(31-8-5-9-32-23)15-12-29-22(25)19(15)20(24)14-10-16(26-2)21(28-4)17(11-14)27-3/h6-7,10-11,15,19-20,24H,5,8-9,12H2,1-4H3/t15-,19-,20-/m1/s1. The third kappa shape index (κ3) is 3.95. The molecule has 2 aliphatic rings. The molecule has 9 heteroatoms. The number of carbonyl (C=O) groups is 1. The summed E-state index contributed by atoms with van der Waals surface area (Å²) in [6, 6.07) is 7.28. The number of aliphatic hydroxyl groups is 1. The lowest BCUT2D eigenvalue weighted by molar-refractivity contribution is -0.144. The van der Waals surface area contributed by atoms with Crippen molar-refractivity contribution in [3.63, 3.8) is 0 Å². The lowest BCUT2D eigenvalue weighted by atomic mass is 9.83. The van der Waals surface area contributed by atoms with Crippen molar-refractivity contribution in [3.05, 3.63) is 41.3 Å². The smallest absolute Gasteiger partial charge is 0.312 e. The predicted octanol–water partition coefficient (Wildman–Crippen LogP) is 4.16. The van der Waals surface area contributed by atoms with Gasteiger partial charge in [-0.05, 0) is 54.7 Å². The van der Waals surface area contributed by atoms with Crippen molar-refractivity contribution in [2.75, 3.05) is 39.4 Å². The summed E-state index contributed by atoms with van der Waals surface area (Å²) in [5, 5.41) is 11.5. The van der Waals surface area contributed by atoms with Gasteiger partial charge in [0, 0.05) is 5.92 Å². The van der Waals surface area contributed by atoms with E-state index in [1.54, 1.807) is 35.7 Å². The molecule has 2 saturated heterocycles. The Kier molecular flexibility index (Phi) is 6.88. The fourth-order valence-electron chi connectivity index (χ4n) is 4.42. The summed E-state index contributed by atoms with van der Waals surface area (Å²) in [4.78, 5) is 12.9. The van der Waals surface area contributed by atoms with Gasteiger partial charge in [-0.3, -0.25) is 4.79 Å². The summed E-state index contributed by atoms with van der Waals surface area (Å²) in [6.45, 7) is 2.14. The second kappa shape index (κ2) is 9.49. The van der Waals surface area contributed by atoms with E-state index in [1.807, 2.05) is 19.1 Å². The van der Waals surface area contributed by atoms with Gasteiger partial charge in [0.25, 0.3) is 0 Å². The van der Waals surface area contributed by atoms with Gasteiger partial charge in [-0.25, -0.2) is 0 Å². The highest BCUT2D eigenvalue weighted by Crippen LogP contribution is 2.60. The number of esters is 1. The molecule has 3 atom stereocenters. The molecule has 4 rings (SSSR count). The van der Waals surface area contributed by atoms with Crippen LogP contribution in [0.4, 0.5) is 0 Å². The largest absolute Gasteiger partial charge is 0.493 e. The average Bonchev–Trinajstić information content (AvgIpc) is 3.44. The van der Waals surface area contributed by atoms with Gasteiger partial charge < -0.3 is 28.5 Å². The fraction of sp³-hybridized carbons (Fsp3) is 0.522. The van der Waals surface area contributed by atoms with Crippen molar-refractivity contribution in [1.29, 1.82) is 0 Å². The normalized spacial score (nSPS) is 23.5. The molecule has 0 unspecified atom stereocenters. The highest BCUT2D eigenvalue weighted by atomic mass is 32.2. The maximum Gasteiger partial charge on any atom is 0.312 e. The molecule has 174 valence electrons. The summed E-state index contributed by atoms with van der Waals surface area (Å²) < 4.78 is 27.4. The quantitative estimate of drug-likeness (QED) is 0.587. The van der Waals surface area contributed by atoms with Gasteiger partial charge in [0.05, 0.1) is 40.0 Å². The minimum atomic E-state index is -1.11. The van der Waals surface area contributed by atoms with Gasteiger partial charge in [-0.15, -0.1) is 23.5 Å². The Morgan fingerprint density at radius 2 is 1.75 bits per heavy atom. The van der Waals surface area contributed by atoms with E-state index in [-0.39, 0.29) is 12.5 Å². The lowest BCUT2D eigenvalue weighted by Gasteiger charge is -2.40. The zero-order chi connectivity index (χ0) is 22.9. The Balaban J connectivity index is 1.75. The van der Waals surface area contributed by atoms with E-state index < -0.39 is 22.1 Å². The van der Waals surface area contributed by atoms with Crippen LogP contribution in [-0.4, -0.2) is 50.5 Å². The van der Waals surface area contributed by atoms with Gasteiger partial charge >= 0.3 is 5.97 Å². The Morgan fingerprint density at radius 1 is 1.09 bits per heavy atom. The van der Waals surface area contributed by atoms with E-state index in [9.17, 15) is 9.90 Å².